The molecule has 2 N–H and O–H groups in total. The molecule has 0 spiro atoms. The van der Waals surface area contributed by atoms with E-state index in [1.54, 1.807) is 46.3 Å². The number of hydrogen-bond acceptors (Lipinski definition) is 5. The molecule has 0 unspecified atom stereocenters. The number of hydrogen-bond donors (Lipinski definition) is 2. The average Bonchev–Trinajstić information content (AvgIpc) is 2.64. The van der Waals surface area contributed by atoms with E-state index in [0.29, 0.717) is 33.9 Å². The maximum atomic E-state index is 12.5. The smallest absolute Gasteiger partial charge is 0.341 e. The molecule has 2 aromatic rings. The summed E-state index contributed by atoms with van der Waals surface area (Å²) in [5.74, 6) is 0.336. The van der Waals surface area contributed by atoms with E-state index in [0.717, 1.165) is 5.56 Å². The van der Waals surface area contributed by atoms with E-state index in [1.165, 1.54) is 0 Å². The van der Waals surface area contributed by atoms with Gasteiger partial charge in [0.1, 0.15) is 5.75 Å². The highest BCUT2D eigenvalue weighted by molar-refractivity contribution is 5.95. The van der Waals surface area contributed by atoms with Crippen LogP contribution in [0, 0.1) is 13.8 Å². The van der Waals surface area contributed by atoms with E-state index in [2.05, 4.69) is 5.32 Å². The molecule has 0 heterocycles. The van der Waals surface area contributed by atoms with Crippen molar-refractivity contribution in [2.75, 3.05) is 20.8 Å². The van der Waals surface area contributed by atoms with Crippen LogP contribution in [0.15, 0.2) is 30.3 Å². The molecule has 0 aliphatic rings. The lowest BCUT2D eigenvalue weighted by Gasteiger charge is -2.15. The van der Waals surface area contributed by atoms with Crippen molar-refractivity contribution >= 4 is 11.9 Å². The first-order valence-corrected chi connectivity index (χ1v) is 8.31. The van der Waals surface area contributed by atoms with Gasteiger partial charge in [-0.2, -0.15) is 0 Å². The van der Waals surface area contributed by atoms with Crippen molar-refractivity contribution in [3.63, 3.8) is 0 Å². The molecule has 0 aliphatic heterocycles. The Morgan fingerprint density at radius 1 is 1.04 bits per heavy atom. The molecule has 1 amide bonds. The number of methoxy groups -OCH3 is 2. The number of nitrogens with one attached hydrogen (secondary N) is 1. The van der Waals surface area contributed by atoms with Crippen molar-refractivity contribution in [2.24, 2.45) is 0 Å². The van der Waals surface area contributed by atoms with Crippen LogP contribution in [0.1, 0.15) is 27.0 Å². The van der Waals surface area contributed by atoms with Crippen molar-refractivity contribution < 1.29 is 28.9 Å². The van der Waals surface area contributed by atoms with Gasteiger partial charge in [-0.3, -0.25) is 4.79 Å². The summed E-state index contributed by atoms with van der Waals surface area (Å²) in [6.07, 6.45) is 0. The van der Waals surface area contributed by atoms with Gasteiger partial charge in [0.15, 0.2) is 18.1 Å². The Morgan fingerprint density at radius 3 is 2.26 bits per heavy atom. The fourth-order valence-corrected chi connectivity index (χ4v) is 2.81. The first kappa shape index (κ1) is 20.1. The minimum absolute atomic E-state index is 0.254. The molecule has 0 aromatic heterocycles. The average molecular weight is 373 g/mol. The number of rotatable bonds is 8. The van der Waals surface area contributed by atoms with Crippen LogP contribution < -0.4 is 19.5 Å². The molecule has 7 nitrogen and oxygen atoms in total. The second kappa shape index (κ2) is 8.93. The molecule has 0 radical (unpaired) electrons. The molecule has 0 bridgehead atoms. The van der Waals surface area contributed by atoms with Crippen molar-refractivity contribution in [3.05, 3.63) is 52.6 Å². The van der Waals surface area contributed by atoms with Gasteiger partial charge < -0.3 is 24.6 Å². The molecule has 2 aromatic carbocycles. The monoisotopic (exact) mass is 373 g/mol. The molecule has 0 saturated carbocycles. The van der Waals surface area contributed by atoms with Gasteiger partial charge in [-0.05, 0) is 43.2 Å². The topological polar surface area (TPSA) is 94.1 Å². The summed E-state index contributed by atoms with van der Waals surface area (Å²) >= 11 is 0. The second-order valence-corrected chi connectivity index (χ2v) is 5.96. The number of ether oxygens (including phenoxy) is 3. The van der Waals surface area contributed by atoms with Crippen molar-refractivity contribution in [1.29, 1.82) is 0 Å². The highest BCUT2D eigenvalue weighted by Gasteiger charge is 2.14. The molecule has 144 valence electrons. The molecule has 0 atom stereocenters. The highest BCUT2D eigenvalue weighted by Crippen LogP contribution is 2.30. The lowest BCUT2D eigenvalue weighted by Crippen LogP contribution is -2.23. The number of carbonyl (C=O) groups excluding carboxylic acids is 1. The minimum Gasteiger partial charge on any atom is -0.493 e. The van der Waals surface area contributed by atoms with E-state index < -0.39 is 12.6 Å². The summed E-state index contributed by atoms with van der Waals surface area (Å²) in [7, 11) is 3.10. The van der Waals surface area contributed by atoms with Crippen molar-refractivity contribution in [1.82, 2.24) is 5.32 Å². The van der Waals surface area contributed by atoms with Gasteiger partial charge in [0.2, 0.25) is 0 Å². The number of para-hydroxylation sites is 1. The summed E-state index contributed by atoms with van der Waals surface area (Å²) in [5.41, 5.74) is 2.65. The van der Waals surface area contributed by atoms with Gasteiger partial charge in [-0.1, -0.05) is 12.1 Å². The van der Waals surface area contributed by atoms with Crippen LogP contribution >= 0.6 is 0 Å². The summed E-state index contributed by atoms with van der Waals surface area (Å²) in [6, 6.07) is 8.80. The molecule has 0 saturated heterocycles. The van der Waals surface area contributed by atoms with Crippen LogP contribution in [-0.2, 0) is 11.3 Å². The van der Waals surface area contributed by atoms with Gasteiger partial charge in [0.05, 0.1) is 14.2 Å². The maximum Gasteiger partial charge on any atom is 0.341 e. The molecule has 2 rings (SSSR count). The predicted molar refractivity (Wildman–Crippen MR) is 99.8 cm³/mol. The third-order valence-corrected chi connectivity index (χ3v) is 3.99. The van der Waals surface area contributed by atoms with Crippen LogP contribution in [0.4, 0.5) is 0 Å². The van der Waals surface area contributed by atoms with Gasteiger partial charge in [0, 0.05) is 17.7 Å². The number of carbonyl (C=O) groups is 2. The third kappa shape index (κ3) is 4.91. The lowest BCUT2D eigenvalue weighted by atomic mass is 10.0. The van der Waals surface area contributed by atoms with Crippen molar-refractivity contribution in [3.8, 4) is 17.2 Å². The lowest BCUT2D eigenvalue weighted by molar-refractivity contribution is -0.139. The Morgan fingerprint density at radius 2 is 1.70 bits per heavy atom. The molecule has 27 heavy (non-hydrogen) atoms. The Balaban J connectivity index is 2.14. The van der Waals surface area contributed by atoms with E-state index in [-0.39, 0.29) is 12.5 Å². The van der Waals surface area contributed by atoms with Gasteiger partial charge in [-0.25, -0.2) is 4.79 Å². The molecule has 0 aliphatic carbocycles. The van der Waals surface area contributed by atoms with E-state index in [4.69, 9.17) is 19.3 Å². The quantitative estimate of drug-likeness (QED) is 0.739. The maximum absolute atomic E-state index is 12.5. The normalized spacial score (nSPS) is 10.2. The van der Waals surface area contributed by atoms with Crippen molar-refractivity contribution in [2.45, 2.75) is 20.4 Å². The molecular formula is C20H23NO6. The van der Waals surface area contributed by atoms with Gasteiger partial charge >= 0.3 is 5.97 Å². The zero-order valence-electron chi connectivity index (χ0n) is 15.8. The van der Waals surface area contributed by atoms with E-state index in [9.17, 15) is 9.59 Å². The molecule has 0 fully saturated rings. The zero-order chi connectivity index (χ0) is 20.0. The Hall–Kier alpha value is -3.22. The van der Waals surface area contributed by atoms with Crippen LogP contribution in [0.5, 0.6) is 17.2 Å². The van der Waals surface area contributed by atoms with Crippen LogP contribution in [0.3, 0.4) is 0 Å². The van der Waals surface area contributed by atoms with Crippen LogP contribution in [-0.4, -0.2) is 37.8 Å². The van der Waals surface area contributed by atoms with E-state index in [1.807, 2.05) is 12.1 Å². The number of carboxylic acids is 1. The Kier molecular flexibility index (Phi) is 6.65. The fraction of sp³-hybridized carbons (Fsp3) is 0.300. The first-order chi connectivity index (χ1) is 12.9. The minimum atomic E-state index is -1.05. The van der Waals surface area contributed by atoms with Crippen LogP contribution in [0.2, 0.25) is 0 Å². The van der Waals surface area contributed by atoms with E-state index >= 15 is 0 Å². The number of carboxylic acid groups (broad SMARTS) is 1. The first-order valence-electron chi connectivity index (χ1n) is 8.31. The summed E-state index contributed by atoms with van der Waals surface area (Å²) < 4.78 is 15.9. The standard InChI is InChI=1S/C20H23NO6/c1-12-8-15(9-13(2)18(12)27-11-17(22)23)20(24)21-10-14-6-5-7-16(25-3)19(14)26-4/h5-9H,10-11H2,1-4H3,(H,21,24)(H,22,23). The summed E-state index contributed by atoms with van der Waals surface area (Å²) in [6.45, 7) is 3.38. The third-order valence-electron chi connectivity index (χ3n) is 3.99. The SMILES string of the molecule is COc1cccc(CNC(=O)c2cc(C)c(OCC(=O)O)c(C)c2)c1OC. The summed E-state index contributed by atoms with van der Waals surface area (Å²) in [5, 5.41) is 11.6. The van der Waals surface area contributed by atoms with Crippen LogP contribution in [0.25, 0.3) is 0 Å². The van der Waals surface area contributed by atoms with Gasteiger partial charge in [-0.15, -0.1) is 0 Å². The Labute approximate surface area is 157 Å². The predicted octanol–water partition coefficient (Wildman–Crippen LogP) is 2.71. The molecular weight excluding hydrogens is 350 g/mol. The second-order valence-electron chi connectivity index (χ2n) is 5.96. The number of benzene rings is 2. The largest absolute Gasteiger partial charge is 0.493 e. The summed E-state index contributed by atoms with van der Waals surface area (Å²) in [4.78, 5) is 23.2. The fourth-order valence-electron chi connectivity index (χ4n) is 2.81. The zero-order valence-corrected chi connectivity index (χ0v) is 15.8. The Bertz CT molecular complexity index is 823. The number of amides is 1. The van der Waals surface area contributed by atoms with Gasteiger partial charge in [0.25, 0.3) is 5.91 Å². The molecule has 7 heteroatoms. The number of aryl methyl sites for hydroxylation is 2. The number of aliphatic carboxylic acids is 1. The highest BCUT2D eigenvalue weighted by atomic mass is 16.5.